The van der Waals surface area contributed by atoms with Gasteiger partial charge in [0.15, 0.2) is 6.29 Å². The van der Waals surface area contributed by atoms with E-state index in [1.54, 1.807) is 4.90 Å². The average Bonchev–Trinajstić information content (AvgIpc) is 2.77. The zero-order valence-corrected chi connectivity index (χ0v) is 17.2. The Labute approximate surface area is 175 Å². The number of ether oxygens (including phenoxy) is 2. The molecule has 0 saturated heterocycles. The molecule has 1 saturated carbocycles. The molecular weight excluding hydrogens is 392 g/mol. The molecule has 2 rings (SSSR count). The minimum absolute atomic E-state index is 0.00800. The van der Waals surface area contributed by atoms with Gasteiger partial charge in [-0.2, -0.15) is 0 Å². The molecule has 1 aliphatic carbocycles. The van der Waals surface area contributed by atoms with Crippen LogP contribution in [0.3, 0.4) is 0 Å². The number of hydrogen-bond acceptors (Lipinski definition) is 7. The van der Waals surface area contributed by atoms with Crippen LogP contribution in [0.1, 0.15) is 61.7 Å². The molecule has 1 aromatic carbocycles. The van der Waals surface area contributed by atoms with Crippen molar-refractivity contribution in [3.63, 3.8) is 0 Å². The Morgan fingerprint density at radius 3 is 2.60 bits per heavy atom. The lowest BCUT2D eigenvalue weighted by atomic mass is 9.94. The third kappa shape index (κ3) is 6.82. The monoisotopic (exact) mass is 420 g/mol. The van der Waals surface area contributed by atoms with E-state index >= 15 is 0 Å². The minimum Gasteiger partial charge on any atom is -0.493 e. The van der Waals surface area contributed by atoms with Crippen molar-refractivity contribution in [2.45, 2.75) is 57.4 Å². The first-order valence-electron chi connectivity index (χ1n) is 10.2. The highest BCUT2D eigenvalue weighted by Crippen LogP contribution is 2.25. The van der Waals surface area contributed by atoms with Crippen LogP contribution in [-0.4, -0.2) is 54.3 Å². The standard InChI is InChI=1S/C21H28N2O7/c1-29-21(26)14-22(17-7-3-2-4-8-17)20(25)9-5-6-12-30-18-11-10-16(15-24)19(13-18)23(27)28/h10-11,13,15,17H,2-9,12,14H2,1H3. The smallest absolute Gasteiger partial charge is 0.325 e. The molecule has 0 bridgehead atoms. The highest BCUT2D eigenvalue weighted by Gasteiger charge is 2.27. The van der Waals surface area contributed by atoms with Crippen LogP contribution in [0.25, 0.3) is 0 Å². The molecule has 1 aromatic rings. The molecule has 0 spiro atoms. The molecule has 164 valence electrons. The first-order chi connectivity index (χ1) is 14.5. The van der Waals surface area contributed by atoms with Gasteiger partial charge < -0.3 is 14.4 Å². The van der Waals surface area contributed by atoms with Gasteiger partial charge in [-0.25, -0.2) is 0 Å². The maximum atomic E-state index is 12.7. The fourth-order valence-electron chi connectivity index (χ4n) is 3.60. The van der Waals surface area contributed by atoms with E-state index < -0.39 is 10.9 Å². The molecule has 30 heavy (non-hydrogen) atoms. The Kier molecular flexibility index (Phi) is 9.24. The summed E-state index contributed by atoms with van der Waals surface area (Å²) in [6.45, 7) is 0.258. The molecule has 0 unspecified atom stereocenters. The van der Waals surface area contributed by atoms with E-state index in [2.05, 4.69) is 0 Å². The molecule has 0 atom stereocenters. The Bertz CT molecular complexity index is 760. The number of carbonyl (C=O) groups is 3. The predicted molar refractivity (Wildman–Crippen MR) is 108 cm³/mol. The van der Waals surface area contributed by atoms with E-state index in [4.69, 9.17) is 9.47 Å². The highest BCUT2D eigenvalue weighted by molar-refractivity contribution is 5.82. The zero-order valence-electron chi connectivity index (χ0n) is 17.2. The Balaban J connectivity index is 1.82. The van der Waals surface area contributed by atoms with E-state index in [9.17, 15) is 24.5 Å². The fraction of sp³-hybridized carbons (Fsp3) is 0.571. The number of amides is 1. The van der Waals surface area contributed by atoms with Crippen LogP contribution in [0.15, 0.2) is 18.2 Å². The predicted octanol–water partition coefficient (Wildman–Crippen LogP) is 3.29. The lowest BCUT2D eigenvalue weighted by molar-refractivity contribution is -0.385. The number of nitrogens with zero attached hydrogens (tertiary/aromatic N) is 2. The van der Waals surface area contributed by atoms with Crippen molar-refractivity contribution >= 4 is 23.9 Å². The summed E-state index contributed by atoms with van der Waals surface area (Å²) in [6, 6.07) is 4.15. The van der Waals surface area contributed by atoms with Gasteiger partial charge in [0.2, 0.25) is 5.91 Å². The topological polar surface area (TPSA) is 116 Å². The summed E-state index contributed by atoms with van der Waals surface area (Å²) in [5.41, 5.74) is -0.310. The molecule has 1 fully saturated rings. The van der Waals surface area contributed by atoms with Gasteiger partial charge in [0, 0.05) is 12.5 Å². The van der Waals surface area contributed by atoms with Crippen LogP contribution < -0.4 is 4.74 Å². The van der Waals surface area contributed by atoms with Gasteiger partial charge in [-0.3, -0.25) is 24.5 Å². The van der Waals surface area contributed by atoms with Crippen molar-refractivity contribution in [3.8, 4) is 5.75 Å². The Morgan fingerprint density at radius 2 is 1.97 bits per heavy atom. The number of nitro groups is 1. The number of hydrogen-bond donors (Lipinski definition) is 0. The van der Waals surface area contributed by atoms with Gasteiger partial charge in [0.25, 0.3) is 5.69 Å². The molecular formula is C21H28N2O7. The van der Waals surface area contributed by atoms with E-state index in [0.717, 1.165) is 32.1 Å². The van der Waals surface area contributed by atoms with Gasteiger partial charge in [-0.1, -0.05) is 19.3 Å². The van der Waals surface area contributed by atoms with Gasteiger partial charge in [0.05, 0.1) is 30.3 Å². The number of benzene rings is 1. The van der Waals surface area contributed by atoms with E-state index in [1.165, 1.54) is 25.3 Å². The van der Waals surface area contributed by atoms with Crippen LogP contribution in [0, 0.1) is 10.1 Å². The van der Waals surface area contributed by atoms with Gasteiger partial charge in [0.1, 0.15) is 12.3 Å². The molecule has 9 nitrogen and oxygen atoms in total. The summed E-state index contributed by atoms with van der Waals surface area (Å²) in [5, 5.41) is 11.0. The Morgan fingerprint density at radius 1 is 1.23 bits per heavy atom. The Hall–Kier alpha value is -2.97. The SMILES string of the molecule is COC(=O)CN(C(=O)CCCCOc1ccc(C=O)c([N+](=O)[O-])c1)C1CCCCC1. The fourth-order valence-corrected chi connectivity index (χ4v) is 3.60. The number of rotatable bonds is 11. The number of methoxy groups -OCH3 is 1. The number of aldehydes is 1. The second kappa shape index (κ2) is 11.9. The van der Waals surface area contributed by atoms with Gasteiger partial charge in [-0.05, 0) is 37.8 Å². The first kappa shape index (κ1) is 23.3. The zero-order chi connectivity index (χ0) is 21.9. The summed E-state index contributed by atoms with van der Waals surface area (Å²) in [6.07, 6.45) is 6.93. The summed E-state index contributed by atoms with van der Waals surface area (Å²) in [7, 11) is 1.31. The second-order valence-corrected chi connectivity index (χ2v) is 7.29. The number of nitro benzene ring substituents is 1. The number of esters is 1. The van der Waals surface area contributed by atoms with E-state index in [-0.39, 0.29) is 36.4 Å². The van der Waals surface area contributed by atoms with Crippen LogP contribution in [-0.2, 0) is 14.3 Å². The maximum absolute atomic E-state index is 12.7. The van der Waals surface area contributed by atoms with Crippen molar-refractivity contribution in [3.05, 3.63) is 33.9 Å². The van der Waals surface area contributed by atoms with Crippen LogP contribution in [0.4, 0.5) is 5.69 Å². The molecule has 1 amide bonds. The van der Waals surface area contributed by atoms with Crippen LogP contribution in [0.5, 0.6) is 5.75 Å². The molecule has 0 aromatic heterocycles. The van der Waals surface area contributed by atoms with E-state index in [1.807, 2.05) is 0 Å². The van der Waals surface area contributed by atoms with Gasteiger partial charge in [-0.15, -0.1) is 0 Å². The highest BCUT2D eigenvalue weighted by atomic mass is 16.6. The molecule has 1 aliphatic rings. The van der Waals surface area contributed by atoms with Crippen molar-refractivity contribution in [1.82, 2.24) is 4.90 Å². The normalized spacial score (nSPS) is 14.0. The summed E-state index contributed by atoms with van der Waals surface area (Å²) >= 11 is 0. The largest absolute Gasteiger partial charge is 0.493 e. The second-order valence-electron chi connectivity index (χ2n) is 7.29. The van der Waals surface area contributed by atoms with Gasteiger partial charge >= 0.3 is 5.97 Å². The first-order valence-corrected chi connectivity index (χ1v) is 10.2. The van der Waals surface area contributed by atoms with Crippen molar-refractivity contribution in [1.29, 1.82) is 0 Å². The lowest BCUT2D eigenvalue weighted by Gasteiger charge is -2.33. The summed E-state index contributed by atoms with van der Waals surface area (Å²) in [5.74, 6) is -0.191. The maximum Gasteiger partial charge on any atom is 0.325 e. The number of carbonyl (C=O) groups excluding carboxylic acids is 3. The van der Waals surface area contributed by atoms with Crippen molar-refractivity contribution in [2.24, 2.45) is 0 Å². The lowest BCUT2D eigenvalue weighted by Crippen LogP contribution is -2.44. The molecule has 0 aliphatic heterocycles. The average molecular weight is 420 g/mol. The quantitative estimate of drug-likeness (QED) is 0.177. The van der Waals surface area contributed by atoms with Crippen LogP contribution in [0.2, 0.25) is 0 Å². The molecule has 0 N–H and O–H groups in total. The molecule has 9 heteroatoms. The molecule has 0 radical (unpaired) electrons. The summed E-state index contributed by atoms with van der Waals surface area (Å²) < 4.78 is 10.3. The minimum atomic E-state index is -0.629. The number of unbranched alkanes of at least 4 members (excludes halogenated alkanes) is 1. The van der Waals surface area contributed by atoms with Crippen molar-refractivity contribution in [2.75, 3.05) is 20.3 Å². The third-order valence-corrected chi connectivity index (χ3v) is 5.24. The van der Waals surface area contributed by atoms with Crippen molar-refractivity contribution < 1.29 is 28.8 Å². The summed E-state index contributed by atoms with van der Waals surface area (Å²) in [4.78, 5) is 47.3. The molecule has 0 heterocycles. The van der Waals surface area contributed by atoms with E-state index in [0.29, 0.717) is 31.3 Å². The van der Waals surface area contributed by atoms with Crippen LogP contribution >= 0.6 is 0 Å². The third-order valence-electron chi connectivity index (χ3n) is 5.24.